The Morgan fingerprint density at radius 1 is 1.17 bits per heavy atom. The number of nitrogens with zero attached hydrogens (tertiary/aromatic N) is 1. The van der Waals surface area contributed by atoms with Crippen molar-refractivity contribution in [2.24, 2.45) is 5.73 Å². The monoisotopic (exact) mass is 392 g/mol. The maximum Gasteiger partial charge on any atom is 0.205 e. The molecule has 0 amide bonds. The van der Waals surface area contributed by atoms with E-state index >= 15 is 0 Å². The highest BCUT2D eigenvalue weighted by Gasteiger charge is 2.39. The molecule has 0 radical (unpaired) electrons. The Morgan fingerprint density at radius 2 is 1.93 bits per heavy atom. The van der Waals surface area contributed by atoms with Gasteiger partial charge in [0.05, 0.1) is 13.0 Å². The number of ketones is 1. The topological polar surface area (TPSA) is 108 Å². The SMILES string of the molecule is COc1ccc(OCc2ccc([C@H]3C(C#N)=C(N)OC4=C3C(=O)CCC4)o2)cc1. The van der Waals surface area contributed by atoms with E-state index in [-0.39, 0.29) is 23.8 Å². The van der Waals surface area contributed by atoms with Crippen LogP contribution in [0.1, 0.15) is 36.7 Å². The van der Waals surface area contributed by atoms with Gasteiger partial charge in [0.15, 0.2) is 5.78 Å². The lowest BCUT2D eigenvalue weighted by molar-refractivity contribution is -0.116. The fourth-order valence-corrected chi connectivity index (χ4v) is 3.59. The van der Waals surface area contributed by atoms with E-state index in [9.17, 15) is 10.1 Å². The first-order valence-electron chi connectivity index (χ1n) is 9.30. The Bertz CT molecular complexity index is 1040. The summed E-state index contributed by atoms with van der Waals surface area (Å²) >= 11 is 0. The van der Waals surface area contributed by atoms with Crippen molar-refractivity contribution in [2.75, 3.05) is 7.11 Å². The second-order valence-electron chi connectivity index (χ2n) is 6.81. The summed E-state index contributed by atoms with van der Waals surface area (Å²) in [6.45, 7) is 0.205. The van der Waals surface area contributed by atoms with Gasteiger partial charge >= 0.3 is 0 Å². The molecule has 1 aliphatic heterocycles. The Balaban J connectivity index is 1.57. The third-order valence-corrected chi connectivity index (χ3v) is 5.01. The first kappa shape index (κ1) is 18.7. The van der Waals surface area contributed by atoms with Crippen molar-refractivity contribution < 1.29 is 23.4 Å². The summed E-state index contributed by atoms with van der Waals surface area (Å²) in [5.41, 5.74) is 6.61. The van der Waals surface area contributed by atoms with Crippen molar-refractivity contribution >= 4 is 5.78 Å². The van der Waals surface area contributed by atoms with Crippen molar-refractivity contribution in [1.29, 1.82) is 5.26 Å². The van der Waals surface area contributed by atoms with Crippen LogP contribution >= 0.6 is 0 Å². The number of carbonyl (C=O) groups is 1. The summed E-state index contributed by atoms with van der Waals surface area (Å²) in [6.07, 6.45) is 1.75. The number of Topliss-reactive ketones (excluding diaryl/α,β-unsaturated/α-hetero) is 1. The molecule has 2 heterocycles. The molecule has 1 aromatic heterocycles. The second-order valence-corrected chi connectivity index (χ2v) is 6.81. The second kappa shape index (κ2) is 7.76. The fourth-order valence-electron chi connectivity index (χ4n) is 3.59. The van der Waals surface area contributed by atoms with Crippen molar-refractivity contribution in [2.45, 2.75) is 31.8 Å². The molecule has 148 valence electrons. The Labute approximate surface area is 168 Å². The number of carbonyl (C=O) groups excluding carboxylic acids is 1. The lowest BCUT2D eigenvalue weighted by Crippen LogP contribution is -2.27. The normalized spacial score (nSPS) is 18.8. The maximum absolute atomic E-state index is 12.6. The van der Waals surface area contributed by atoms with Gasteiger partial charge in [0.2, 0.25) is 5.88 Å². The largest absolute Gasteiger partial charge is 0.497 e. The molecule has 7 heteroatoms. The molecule has 1 atom stereocenters. The predicted molar refractivity (Wildman–Crippen MR) is 103 cm³/mol. The van der Waals surface area contributed by atoms with E-state index < -0.39 is 5.92 Å². The quantitative estimate of drug-likeness (QED) is 0.827. The van der Waals surface area contributed by atoms with Crippen LogP contribution in [-0.4, -0.2) is 12.9 Å². The molecule has 4 rings (SSSR count). The third kappa shape index (κ3) is 3.57. The summed E-state index contributed by atoms with van der Waals surface area (Å²) in [4.78, 5) is 12.6. The number of nitriles is 1. The molecule has 0 unspecified atom stereocenters. The zero-order chi connectivity index (χ0) is 20.4. The number of benzene rings is 1. The van der Waals surface area contributed by atoms with E-state index in [1.807, 2.05) is 0 Å². The molecule has 0 spiro atoms. The van der Waals surface area contributed by atoms with Crippen LogP contribution in [0.15, 0.2) is 63.6 Å². The highest BCUT2D eigenvalue weighted by Crippen LogP contribution is 2.43. The molecule has 2 N–H and O–H groups in total. The van der Waals surface area contributed by atoms with Crippen molar-refractivity contribution in [3.05, 3.63) is 70.7 Å². The first-order chi connectivity index (χ1) is 14.1. The fraction of sp³-hybridized carbons (Fsp3) is 0.273. The van der Waals surface area contributed by atoms with Gasteiger partial charge in [-0.05, 0) is 42.8 Å². The van der Waals surface area contributed by atoms with Crippen LogP contribution in [0.2, 0.25) is 0 Å². The summed E-state index contributed by atoms with van der Waals surface area (Å²) in [5.74, 6) is 2.34. The average Bonchev–Trinajstić information content (AvgIpc) is 3.20. The number of ether oxygens (including phenoxy) is 3. The number of hydrogen-bond acceptors (Lipinski definition) is 7. The number of furan rings is 1. The number of hydrogen-bond donors (Lipinski definition) is 1. The Morgan fingerprint density at radius 3 is 2.66 bits per heavy atom. The molecule has 1 aromatic carbocycles. The standard InChI is InChI=1S/C22H20N2O5/c1-26-13-5-7-14(8-6-13)27-12-15-9-10-19(28-15)20-16(11-23)22(24)29-18-4-2-3-17(25)21(18)20/h5-10,20H,2-4,12,24H2,1H3/t20-/m1/s1. The minimum atomic E-state index is -0.647. The molecule has 2 aliphatic rings. The van der Waals surface area contributed by atoms with Gasteiger partial charge in [-0.1, -0.05) is 0 Å². The first-order valence-corrected chi connectivity index (χ1v) is 9.30. The van der Waals surface area contributed by atoms with Gasteiger partial charge < -0.3 is 24.4 Å². The molecule has 29 heavy (non-hydrogen) atoms. The van der Waals surface area contributed by atoms with E-state index in [0.717, 1.165) is 5.75 Å². The smallest absolute Gasteiger partial charge is 0.205 e. The molecule has 0 bridgehead atoms. The average molecular weight is 392 g/mol. The van der Waals surface area contributed by atoms with Gasteiger partial charge in [-0.25, -0.2) is 0 Å². The Kier molecular flexibility index (Phi) is 5.00. The summed E-state index contributed by atoms with van der Waals surface area (Å²) in [6, 6.07) is 12.8. The summed E-state index contributed by atoms with van der Waals surface area (Å²) in [7, 11) is 1.60. The van der Waals surface area contributed by atoms with Gasteiger partial charge in [0, 0.05) is 18.4 Å². The molecule has 1 aliphatic carbocycles. The summed E-state index contributed by atoms with van der Waals surface area (Å²) < 4.78 is 22.4. The van der Waals surface area contributed by atoms with E-state index in [1.54, 1.807) is 43.5 Å². The van der Waals surface area contributed by atoms with Crippen LogP contribution in [0.3, 0.4) is 0 Å². The lowest BCUT2D eigenvalue weighted by Gasteiger charge is -2.29. The minimum absolute atomic E-state index is 0.0263. The molecule has 0 saturated heterocycles. The molecule has 0 saturated carbocycles. The molecular formula is C22H20N2O5. The van der Waals surface area contributed by atoms with E-state index in [0.29, 0.717) is 47.9 Å². The highest BCUT2D eigenvalue weighted by molar-refractivity contribution is 5.99. The van der Waals surface area contributed by atoms with Crippen LogP contribution in [0, 0.1) is 11.3 Å². The predicted octanol–water partition coefficient (Wildman–Crippen LogP) is 3.68. The van der Waals surface area contributed by atoms with E-state index in [4.69, 9.17) is 24.4 Å². The lowest BCUT2D eigenvalue weighted by atomic mass is 9.80. The molecule has 0 fully saturated rings. The molecular weight excluding hydrogens is 372 g/mol. The highest BCUT2D eigenvalue weighted by atomic mass is 16.5. The van der Waals surface area contributed by atoms with E-state index in [2.05, 4.69) is 6.07 Å². The number of allylic oxidation sites excluding steroid dienone is 3. The number of methoxy groups -OCH3 is 1. The third-order valence-electron chi connectivity index (χ3n) is 5.01. The zero-order valence-electron chi connectivity index (χ0n) is 15.9. The van der Waals surface area contributed by atoms with Crippen LogP contribution in [0.4, 0.5) is 0 Å². The zero-order valence-corrected chi connectivity index (χ0v) is 15.9. The molecule has 2 aromatic rings. The number of rotatable bonds is 5. The van der Waals surface area contributed by atoms with Crippen LogP contribution in [0.25, 0.3) is 0 Å². The van der Waals surface area contributed by atoms with Gasteiger partial charge in [0.1, 0.15) is 47.0 Å². The van der Waals surface area contributed by atoms with Gasteiger partial charge in [0.25, 0.3) is 0 Å². The van der Waals surface area contributed by atoms with Crippen molar-refractivity contribution in [3.8, 4) is 17.6 Å². The van der Waals surface area contributed by atoms with Gasteiger partial charge in [-0.3, -0.25) is 4.79 Å². The van der Waals surface area contributed by atoms with Crippen LogP contribution in [-0.2, 0) is 16.1 Å². The van der Waals surface area contributed by atoms with E-state index in [1.165, 1.54) is 0 Å². The van der Waals surface area contributed by atoms with Gasteiger partial charge in [-0.2, -0.15) is 5.26 Å². The van der Waals surface area contributed by atoms with Crippen molar-refractivity contribution in [3.63, 3.8) is 0 Å². The van der Waals surface area contributed by atoms with Crippen LogP contribution in [0.5, 0.6) is 11.5 Å². The Hall–Kier alpha value is -3.66. The molecule has 7 nitrogen and oxygen atoms in total. The van der Waals surface area contributed by atoms with Crippen LogP contribution < -0.4 is 15.2 Å². The minimum Gasteiger partial charge on any atom is -0.497 e. The maximum atomic E-state index is 12.6. The number of nitrogens with two attached hydrogens (primary N) is 1. The summed E-state index contributed by atoms with van der Waals surface area (Å²) in [5, 5.41) is 9.59. The van der Waals surface area contributed by atoms with Crippen molar-refractivity contribution in [1.82, 2.24) is 0 Å². The van der Waals surface area contributed by atoms with Gasteiger partial charge in [-0.15, -0.1) is 0 Å².